The van der Waals surface area contributed by atoms with Crippen molar-refractivity contribution >= 4 is 5.97 Å². The Bertz CT molecular complexity index is 428. The lowest BCUT2D eigenvalue weighted by Crippen LogP contribution is -2.18. The van der Waals surface area contributed by atoms with Gasteiger partial charge in [-0.1, -0.05) is 0 Å². The molecule has 0 amide bonds. The molecule has 1 saturated heterocycles. The fraction of sp³-hybridized carbons (Fsp3) is 0.615. The maximum Gasteiger partial charge on any atom is 0.341 e. The van der Waals surface area contributed by atoms with Crippen molar-refractivity contribution in [1.29, 1.82) is 0 Å². The van der Waals surface area contributed by atoms with Crippen LogP contribution in [0.3, 0.4) is 0 Å². The highest BCUT2D eigenvalue weighted by Crippen LogP contribution is 2.24. The van der Waals surface area contributed by atoms with E-state index >= 15 is 0 Å². The summed E-state index contributed by atoms with van der Waals surface area (Å²) in [6, 6.07) is 0. The number of carbonyl (C=O) groups excluding carboxylic acids is 1. The van der Waals surface area contributed by atoms with Crippen LogP contribution >= 0.6 is 0 Å². The van der Waals surface area contributed by atoms with Gasteiger partial charge in [-0.3, -0.25) is 0 Å². The summed E-state index contributed by atoms with van der Waals surface area (Å²) < 4.78 is 10.3. The number of hydrogen-bond acceptors (Lipinski definition) is 5. The van der Waals surface area contributed by atoms with Crippen LogP contribution < -0.4 is 0 Å². The first-order valence-corrected chi connectivity index (χ1v) is 6.30. The van der Waals surface area contributed by atoms with Gasteiger partial charge in [-0.2, -0.15) is 0 Å². The Morgan fingerprint density at radius 3 is 2.83 bits per heavy atom. The minimum absolute atomic E-state index is 0.341. The van der Waals surface area contributed by atoms with Crippen LogP contribution in [-0.4, -0.2) is 35.8 Å². The van der Waals surface area contributed by atoms with Crippen LogP contribution in [-0.2, 0) is 9.47 Å². The molecule has 5 heteroatoms. The molecule has 5 nitrogen and oxygen atoms in total. The van der Waals surface area contributed by atoms with Crippen LogP contribution in [0.5, 0.6) is 0 Å². The summed E-state index contributed by atoms with van der Waals surface area (Å²) in [5, 5.41) is 0. The SMILES string of the molecule is CCOC(=O)c1cnc(C2CCOCC2)nc1C. The van der Waals surface area contributed by atoms with E-state index in [2.05, 4.69) is 9.97 Å². The summed E-state index contributed by atoms with van der Waals surface area (Å²) in [6.07, 6.45) is 3.46. The lowest BCUT2D eigenvalue weighted by molar-refractivity contribution is 0.0523. The molecule has 2 rings (SSSR count). The smallest absolute Gasteiger partial charge is 0.341 e. The van der Waals surface area contributed by atoms with Crippen LogP contribution in [0.1, 0.15) is 47.6 Å². The average Bonchev–Trinajstić information content (AvgIpc) is 2.40. The van der Waals surface area contributed by atoms with E-state index in [9.17, 15) is 4.79 Å². The fourth-order valence-corrected chi connectivity index (χ4v) is 2.05. The van der Waals surface area contributed by atoms with E-state index in [4.69, 9.17) is 9.47 Å². The molecule has 18 heavy (non-hydrogen) atoms. The Hall–Kier alpha value is -1.49. The number of rotatable bonds is 3. The zero-order valence-corrected chi connectivity index (χ0v) is 10.8. The molecule has 0 saturated carbocycles. The van der Waals surface area contributed by atoms with Crippen molar-refractivity contribution in [2.75, 3.05) is 19.8 Å². The molecule has 0 spiro atoms. The largest absolute Gasteiger partial charge is 0.462 e. The van der Waals surface area contributed by atoms with Crippen LogP contribution in [0.4, 0.5) is 0 Å². The third-order valence-electron chi connectivity index (χ3n) is 3.08. The minimum atomic E-state index is -0.353. The first-order chi connectivity index (χ1) is 8.72. The molecule has 1 aliphatic rings. The lowest BCUT2D eigenvalue weighted by atomic mass is 9.99. The van der Waals surface area contributed by atoms with Crippen LogP contribution in [0.15, 0.2) is 6.20 Å². The summed E-state index contributed by atoms with van der Waals surface area (Å²) in [5.74, 6) is 0.797. The van der Waals surface area contributed by atoms with E-state index in [0.717, 1.165) is 31.9 Å². The molecule has 1 aromatic rings. The monoisotopic (exact) mass is 250 g/mol. The molecule has 0 N–H and O–H groups in total. The van der Waals surface area contributed by atoms with Gasteiger partial charge in [-0.05, 0) is 26.7 Å². The normalized spacial score (nSPS) is 16.6. The van der Waals surface area contributed by atoms with Gasteiger partial charge < -0.3 is 9.47 Å². The number of aryl methyl sites for hydroxylation is 1. The minimum Gasteiger partial charge on any atom is -0.462 e. The predicted molar refractivity (Wildman–Crippen MR) is 65.5 cm³/mol. The average molecular weight is 250 g/mol. The fourth-order valence-electron chi connectivity index (χ4n) is 2.05. The standard InChI is InChI=1S/C13H18N2O3/c1-3-18-13(16)11-8-14-12(15-9(11)2)10-4-6-17-7-5-10/h8,10H,3-7H2,1-2H3. The third kappa shape index (κ3) is 2.85. The van der Waals surface area contributed by atoms with Crippen molar-refractivity contribution in [3.05, 3.63) is 23.3 Å². The van der Waals surface area contributed by atoms with Gasteiger partial charge in [0.25, 0.3) is 0 Å². The Morgan fingerprint density at radius 1 is 1.50 bits per heavy atom. The van der Waals surface area contributed by atoms with E-state index in [1.807, 2.05) is 6.92 Å². The highest BCUT2D eigenvalue weighted by Gasteiger charge is 2.20. The number of nitrogens with zero attached hydrogens (tertiary/aromatic N) is 2. The Kier molecular flexibility index (Phi) is 4.25. The maximum atomic E-state index is 11.6. The van der Waals surface area contributed by atoms with Crippen LogP contribution in [0.25, 0.3) is 0 Å². The highest BCUT2D eigenvalue weighted by molar-refractivity contribution is 5.90. The zero-order valence-electron chi connectivity index (χ0n) is 10.8. The molecule has 0 atom stereocenters. The zero-order chi connectivity index (χ0) is 13.0. The number of ether oxygens (including phenoxy) is 2. The summed E-state index contributed by atoms with van der Waals surface area (Å²) in [7, 11) is 0. The summed E-state index contributed by atoms with van der Waals surface area (Å²) >= 11 is 0. The van der Waals surface area contributed by atoms with E-state index in [-0.39, 0.29) is 5.97 Å². The highest BCUT2D eigenvalue weighted by atomic mass is 16.5. The van der Waals surface area contributed by atoms with Crippen molar-refractivity contribution < 1.29 is 14.3 Å². The molecule has 1 aliphatic heterocycles. The topological polar surface area (TPSA) is 61.3 Å². The maximum absolute atomic E-state index is 11.6. The first kappa shape index (κ1) is 13.0. The van der Waals surface area contributed by atoms with Crippen LogP contribution in [0.2, 0.25) is 0 Å². The molecule has 1 aromatic heterocycles. The number of esters is 1. The molecule has 0 radical (unpaired) electrons. The van der Waals surface area contributed by atoms with Gasteiger partial charge >= 0.3 is 5.97 Å². The number of hydrogen-bond donors (Lipinski definition) is 0. The second-order valence-electron chi connectivity index (χ2n) is 4.33. The molecule has 98 valence electrons. The van der Waals surface area contributed by atoms with Crippen molar-refractivity contribution in [3.63, 3.8) is 0 Å². The third-order valence-corrected chi connectivity index (χ3v) is 3.08. The Balaban J connectivity index is 2.16. The van der Waals surface area contributed by atoms with Crippen molar-refractivity contribution in [1.82, 2.24) is 9.97 Å². The van der Waals surface area contributed by atoms with Gasteiger partial charge in [-0.15, -0.1) is 0 Å². The van der Waals surface area contributed by atoms with Gasteiger partial charge in [0, 0.05) is 25.3 Å². The van der Waals surface area contributed by atoms with Gasteiger partial charge in [-0.25, -0.2) is 14.8 Å². The molecule has 0 bridgehead atoms. The predicted octanol–water partition coefficient (Wildman–Crippen LogP) is 1.86. The van der Waals surface area contributed by atoms with E-state index in [1.54, 1.807) is 13.1 Å². The lowest BCUT2D eigenvalue weighted by Gasteiger charge is -2.21. The molecule has 2 heterocycles. The Morgan fingerprint density at radius 2 is 2.22 bits per heavy atom. The molecule has 0 aliphatic carbocycles. The van der Waals surface area contributed by atoms with Crippen molar-refractivity contribution in [2.24, 2.45) is 0 Å². The summed E-state index contributed by atoms with van der Waals surface area (Å²) in [4.78, 5) is 20.4. The van der Waals surface area contributed by atoms with E-state index < -0.39 is 0 Å². The van der Waals surface area contributed by atoms with Gasteiger partial charge in [0.2, 0.25) is 0 Å². The summed E-state index contributed by atoms with van der Waals surface area (Å²) in [6.45, 7) is 5.47. The molecule has 0 aromatic carbocycles. The number of carbonyl (C=O) groups is 1. The van der Waals surface area contributed by atoms with Crippen molar-refractivity contribution in [3.8, 4) is 0 Å². The second kappa shape index (κ2) is 5.91. The molecule has 1 fully saturated rings. The first-order valence-electron chi connectivity index (χ1n) is 6.30. The Labute approximate surface area is 107 Å². The summed E-state index contributed by atoms with van der Waals surface area (Å²) in [5.41, 5.74) is 1.14. The molecular formula is C13H18N2O3. The second-order valence-corrected chi connectivity index (χ2v) is 4.33. The van der Waals surface area contributed by atoms with Gasteiger partial charge in [0.15, 0.2) is 0 Å². The quantitative estimate of drug-likeness (QED) is 0.766. The molecule has 0 unspecified atom stereocenters. The van der Waals surface area contributed by atoms with Gasteiger partial charge in [0.1, 0.15) is 5.82 Å². The van der Waals surface area contributed by atoms with Crippen molar-refractivity contribution in [2.45, 2.75) is 32.6 Å². The van der Waals surface area contributed by atoms with E-state index in [0.29, 0.717) is 23.8 Å². The van der Waals surface area contributed by atoms with Gasteiger partial charge in [0.05, 0.1) is 17.9 Å². The number of aromatic nitrogens is 2. The van der Waals surface area contributed by atoms with Crippen LogP contribution in [0, 0.1) is 6.92 Å². The van der Waals surface area contributed by atoms with E-state index in [1.165, 1.54) is 0 Å². The molecular weight excluding hydrogens is 232 g/mol.